The molecule has 1 aromatic heterocycles. The van der Waals surface area contributed by atoms with Crippen molar-refractivity contribution < 1.29 is 27.4 Å². The van der Waals surface area contributed by atoms with E-state index in [0.29, 0.717) is 16.9 Å². The summed E-state index contributed by atoms with van der Waals surface area (Å²) in [6, 6.07) is 8.36. The second-order valence-corrected chi connectivity index (χ2v) is 5.88. The standard InChI is InChI=1S/C18H17F3N2O3/c19-18(20,21)11-25-16-10-22-8-7-12(16)9-23-17(24)14-3-1-2-4-15(14)26-13-5-6-13/h1-4,7-8,10,13H,5-6,9,11H2,(H,23,24). The van der Waals surface area contributed by atoms with Crippen LogP contribution < -0.4 is 14.8 Å². The van der Waals surface area contributed by atoms with E-state index in [1.54, 1.807) is 24.3 Å². The van der Waals surface area contributed by atoms with Gasteiger partial charge >= 0.3 is 6.18 Å². The van der Waals surface area contributed by atoms with E-state index in [0.717, 1.165) is 12.8 Å². The number of para-hydroxylation sites is 1. The first kappa shape index (κ1) is 18.0. The Morgan fingerprint density at radius 3 is 2.69 bits per heavy atom. The van der Waals surface area contributed by atoms with Gasteiger partial charge in [0.25, 0.3) is 5.91 Å². The number of alkyl halides is 3. The van der Waals surface area contributed by atoms with Crippen LogP contribution in [0.4, 0.5) is 13.2 Å². The number of pyridine rings is 1. The lowest BCUT2D eigenvalue weighted by molar-refractivity contribution is -0.153. The summed E-state index contributed by atoms with van der Waals surface area (Å²) in [5.74, 6) is 0.100. The minimum atomic E-state index is -4.45. The van der Waals surface area contributed by atoms with Crippen LogP contribution in [0.25, 0.3) is 0 Å². The fourth-order valence-corrected chi connectivity index (χ4v) is 2.24. The third-order valence-corrected chi connectivity index (χ3v) is 3.65. The molecule has 1 aromatic carbocycles. The van der Waals surface area contributed by atoms with Crippen LogP contribution in [-0.2, 0) is 6.54 Å². The van der Waals surface area contributed by atoms with E-state index in [1.807, 2.05) is 0 Å². The van der Waals surface area contributed by atoms with Gasteiger partial charge in [-0.2, -0.15) is 13.2 Å². The van der Waals surface area contributed by atoms with Gasteiger partial charge in [0.1, 0.15) is 11.5 Å². The van der Waals surface area contributed by atoms with E-state index in [4.69, 9.17) is 9.47 Å². The Bertz CT molecular complexity index is 776. The molecule has 1 fully saturated rings. The molecule has 1 heterocycles. The third kappa shape index (κ3) is 5.11. The molecule has 0 bridgehead atoms. The molecular weight excluding hydrogens is 349 g/mol. The van der Waals surface area contributed by atoms with Crippen molar-refractivity contribution in [2.75, 3.05) is 6.61 Å². The molecule has 0 saturated heterocycles. The number of hydrogen-bond donors (Lipinski definition) is 1. The first-order chi connectivity index (χ1) is 12.4. The molecular formula is C18H17F3N2O3. The van der Waals surface area contributed by atoms with Crippen LogP contribution >= 0.6 is 0 Å². The summed E-state index contributed by atoms with van der Waals surface area (Å²) in [5.41, 5.74) is 0.782. The lowest BCUT2D eigenvalue weighted by atomic mass is 10.1. The van der Waals surface area contributed by atoms with Crippen molar-refractivity contribution in [1.82, 2.24) is 10.3 Å². The number of carbonyl (C=O) groups is 1. The number of carbonyl (C=O) groups excluding carboxylic acids is 1. The summed E-state index contributed by atoms with van der Waals surface area (Å²) in [7, 11) is 0. The van der Waals surface area contributed by atoms with Gasteiger partial charge in [-0.3, -0.25) is 9.78 Å². The summed E-state index contributed by atoms with van der Waals surface area (Å²) >= 11 is 0. The zero-order chi connectivity index (χ0) is 18.6. The monoisotopic (exact) mass is 366 g/mol. The number of benzene rings is 1. The van der Waals surface area contributed by atoms with Crippen molar-refractivity contribution in [3.05, 3.63) is 53.9 Å². The van der Waals surface area contributed by atoms with E-state index in [-0.39, 0.29) is 24.3 Å². The molecule has 0 unspecified atom stereocenters. The van der Waals surface area contributed by atoms with Crippen LogP contribution in [0.5, 0.6) is 11.5 Å². The largest absolute Gasteiger partial charge is 0.490 e. The first-order valence-corrected chi connectivity index (χ1v) is 8.09. The topological polar surface area (TPSA) is 60.5 Å². The van der Waals surface area contributed by atoms with E-state index in [1.165, 1.54) is 18.5 Å². The minimum Gasteiger partial charge on any atom is -0.490 e. The Morgan fingerprint density at radius 1 is 1.19 bits per heavy atom. The summed E-state index contributed by atoms with van der Waals surface area (Å²) < 4.78 is 47.5. The number of ether oxygens (including phenoxy) is 2. The van der Waals surface area contributed by atoms with E-state index in [9.17, 15) is 18.0 Å². The van der Waals surface area contributed by atoms with Gasteiger partial charge in [0.15, 0.2) is 6.61 Å². The van der Waals surface area contributed by atoms with Crippen LogP contribution in [0.15, 0.2) is 42.7 Å². The van der Waals surface area contributed by atoms with Gasteiger partial charge in [-0.05, 0) is 31.0 Å². The maximum Gasteiger partial charge on any atom is 0.422 e. The number of rotatable bonds is 7. The van der Waals surface area contributed by atoms with Crippen molar-refractivity contribution in [3.63, 3.8) is 0 Å². The van der Waals surface area contributed by atoms with Gasteiger partial charge < -0.3 is 14.8 Å². The molecule has 1 amide bonds. The molecule has 5 nitrogen and oxygen atoms in total. The Balaban J connectivity index is 1.65. The first-order valence-electron chi connectivity index (χ1n) is 8.09. The van der Waals surface area contributed by atoms with Crippen LogP contribution in [0.2, 0.25) is 0 Å². The number of nitrogens with one attached hydrogen (secondary N) is 1. The van der Waals surface area contributed by atoms with Crippen LogP contribution in [-0.4, -0.2) is 29.8 Å². The van der Waals surface area contributed by atoms with Gasteiger partial charge in [-0.1, -0.05) is 12.1 Å². The molecule has 1 saturated carbocycles. The highest BCUT2D eigenvalue weighted by atomic mass is 19.4. The highest BCUT2D eigenvalue weighted by molar-refractivity contribution is 5.96. The fourth-order valence-electron chi connectivity index (χ4n) is 2.24. The molecule has 26 heavy (non-hydrogen) atoms. The SMILES string of the molecule is O=C(NCc1ccncc1OCC(F)(F)F)c1ccccc1OC1CC1. The average molecular weight is 366 g/mol. The van der Waals surface area contributed by atoms with Crippen LogP contribution in [0.3, 0.4) is 0 Å². The average Bonchev–Trinajstić information content (AvgIpc) is 3.42. The van der Waals surface area contributed by atoms with Gasteiger partial charge in [0.2, 0.25) is 0 Å². The van der Waals surface area contributed by atoms with Crippen molar-refractivity contribution in [2.45, 2.75) is 31.7 Å². The maximum atomic E-state index is 12.4. The molecule has 1 aliphatic rings. The molecule has 0 aliphatic heterocycles. The number of halogens is 3. The highest BCUT2D eigenvalue weighted by Gasteiger charge is 2.29. The molecule has 8 heteroatoms. The molecule has 1 N–H and O–H groups in total. The molecule has 138 valence electrons. The zero-order valence-corrected chi connectivity index (χ0v) is 13.8. The molecule has 0 atom stereocenters. The number of amides is 1. The van der Waals surface area contributed by atoms with Crippen molar-refractivity contribution in [2.24, 2.45) is 0 Å². The quantitative estimate of drug-likeness (QED) is 0.815. The second-order valence-electron chi connectivity index (χ2n) is 5.88. The third-order valence-electron chi connectivity index (χ3n) is 3.65. The van der Waals surface area contributed by atoms with E-state index >= 15 is 0 Å². The predicted octanol–water partition coefficient (Wildman–Crippen LogP) is 3.49. The molecule has 0 radical (unpaired) electrons. The Hall–Kier alpha value is -2.77. The summed E-state index contributed by atoms with van der Waals surface area (Å²) in [6.07, 6.45) is 0.241. The molecule has 1 aliphatic carbocycles. The van der Waals surface area contributed by atoms with Gasteiger partial charge in [-0.25, -0.2) is 0 Å². The Morgan fingerprint density at radius 2 is 1.96 bits per heavy atom. The number of aromatic nitrogens is 1. The van der Waals surface area contributed by atoms with Gasteiger partial charge in [-0.15, -0.1) is 0 Å². The van der Waals surface area contributed by atoms with Crippen LogP contribution in [0.1, 0.15) is 28.8 Å². The van der Waals surface area contributed by atoms with E-state index in [2.05, 4.69) is 10.3 Å². The Labute approximate surface area is 148 Å². The zero-order valence-electron chi connectivity index (χ0n) is 13.8. The summed E-state index contributed by atoms with van der Waals surface area (Å²) in [4.78, 5) is 16.2. The fraction of sp³-hybridized carbons (Fsp3) is 0.333. The lowest BCUT2D eigenvalue weighted by Crippen LogP contribution is -2.25. The Kier molecular flexibility index (Phi) is 5.29. The predicted molar refractivity (Wildman–Crippen MR) is 87.0 cm³/mol. The summed E-state index contributed by atoms with van der Waals surface area (Å²) in [5, 5.41) is 2.68. The van der Waals surface area contributed by atoms with Crippen molar-refractivity contribution in [1.29, 1.82) is 0 Å². The van der Waals surface area contributed by atoms with E-state index < -0.39 is 12.8 Å². The summed E-state index contributed by atoms with van der Waals surface area (Å²) in [6.45, 7) is -1.41. The highest BCUT2D eigenvalue weighted by Crippen LogP contribution is 2.29. The maximum absolute atomic E-state index is 12.4. The van der Waals surface area contributed by atoms with Gasteiger partial charge in [0.05, 0.1) is 17.9 Å². The number of hydrogen-bond acceptors (Lipinski definition) is 4. The van der Waals surface area contributed by atoms with Crippen LogP contribution in [0, 0.1) is 0 Å². The lowest BCUT2D eigenvalue weighted by Gasteiger charge is -2.14. The number of nitrogens with zero attached hydrogens (tertiary/aromatic N) is 1. The smallest absolute Gasteiger partial charge is 0.422 e. The molecule has 3 rings (SSSR count). The normalized spacial score (nSPS) is 14.0. The van der Waals surface area contributed by atoms with Gasteiger partial charge in [0, 0.05) is 18.3 Å². The second kappa shape index (κ2) is 7.63. The van der Waals surface area contributed by atoms with Crippen molar-refractivity contribution >= 4 is 5.91 Å². The molecule has 0 spiro atoms. The minimum absolute atomic E-state index is 0.00626. The van der Waals surface area contributed by atoms with Crippen molar-refractivity contribution in [3.8, 4) is 11.5 Å². The molecule has 2 aromatic rings.